The lowest BCUT2D eigenvalue weighted by atomic mass is 10.2. The van der Waals surface area contributed by atoms with Crippen molar-refractivity contribution in [3.63, 3.8) is 0 Å². The van der Waals surface area contributed by atoms with Crippen molar-refractivity contribution < 1.29 is 14.7 Å². The number of nitrogens with zero attached hydrogens (tertiary/aromatic N) is 1. The van der Waals surface area contributed by atoms with Gasteiger partial charge in [0.25, 0.3) is 0 Å². The molecule has 94 valence electrons. The molecule has 2 atom stereocenters. The fourth-order valence-electron chi connectivity index (χ4n) is 1.23. The van der Waals surface area contributed by atoms with Crippen molar-refractivity contribution in [2.75, 3.05) is 7.05 Å². The summed E-state index contributed by atoms with van der Waals surface area (Å²) in [7, 11) is 1.47. The Bertz CT molecular complexity index is 391. The first-order valence-electron chi connectivity index (χ1n) is 5.21. The van der Waals surface area contributed by atoms with Gasteiger partial charge in [-0.15, -0.1) is 0 Å². The lowest BCUT2D eigenvalue weighted by Crippen LogP contribution is -2.46. The quantitative estimate of drug-likeness (QED) is 0.864. The molecule has 0 saturated carbocycles. The van der Waals surface area contributed by atoms with Crippen LogP contribution < -0.4 is 5.32 Å². The van der Waals surface area contributed by atoms with Gasteiger partial charge in [-0.25, -0.2) is 9.59 Å². The molecular formula is C11H16N2O3S. The highest BCUT2D eigenvalue weighted by Crippen LogP contribution is 2.15. The Balaban J connectivity index is 2.57. The van der Waals surface area contributed by atoms with Crippen molar-refractivity contribution in [3.05, 3.63) is 22.4 Å². The Morgan fingerprint density at radius 3 is 2.59 bits per heavy atom. The zero-order valence-corrected chi connectivity index (χ0v) is 10.8. The van der Waals surface area contributed by atoms with E-state index in [1.54, 1.807) is 11.3 Å². The van der Waals surface area contributed by atoms with Crippen LogP contribution in [0.4, 0.5) is 4.79 Å². The van der Waals surface area contributed by atoms with E-state index in [0.717, 1.165) is 5.56 Å². The molecule has 0 aromatic carbocycles. The Kier molecular flexibility index (Phi) is 4.51. The van der Waals surface area contributed by atoms with E-state index in [0.29, 0.717) is 0 Å². The van der Waals surface area contributed by atoms with E-state index in [1.165, 1.54) is 18.9 Å². The molecule has 1 heterocycles. The molecule has 0 spiro atoms. The Labute approximate surface area is 104 Å². The Hall–Kier alpha value is -1.56. The molecule has 6 heteroatoms. The van der Waals surface area contributed by atoms with Gasteiger partial charge in [0.2, 0.25) is 0 Å². The van der Waals surface area contributed by atoms with E-state index in [9.17, 15) is 9.59 Å². The van der Waals surface area contributed by atoms with Crippen LogP contribution in [0.2, 0.25) is 0 Å². The molecule has 2 N–H and O–H groups in total. The van der Waals surface area contributed by atoms with E-state index < -0.39 is 18.0 Å². The first-order valence-corrected chi connectivity index (χ1v) is 6.16. The normalized spacial score (nSPS) is 13.8. The highest BCUT2D eigenvalue weighted by molar-refractivity contribution is 7.07. The van der Waals surface area contributed by atoms with Crippen LogP contribution in [-0.4, -0.2) is 35.1 Å². The summed E-state index contributed by atoms with van der Waals surface area (Å²) in [5, 5.41) is 15.4. The molecule has 0 fully saturated rings. The van der Waals surface area contributed by atoms with Crippen molar-refractivity contribution in [1.82, 2.24) is 10.2 Å². The SMILES string of the molecule is CC(NC(=O)N(C)C(C)C(=O)O)c1ccsc1. The van der Waals surface area contributed by atoms with Gasteiger partial charge < -0.3 is 15.3 Å². The summed E-state index contributed by atoms with van der Waals surface area (Å²) in [6.45, 7) is 3.33. The average molecular weight is 256 g/mol. The van der Waals surface area contributed by atoms with E-state index in [4.69, 9.17) is 5.11 Å². The number of hydrogen-bond acceptors (Lipinski definition) is 3. The van der Waals surface area contributed by atoms with Crippen molar-refractivity contribution in [2.24, 2.45) is 0 Å². The topological polar surface area (TPSA) is 69.6 Å². The van der Waals surface area contributed by atoms with Crippen LogP contribution in [0.25, 0.3) is 0 Å². The molecule has 2 unspecified atom stereocenters. The van der Waals surface area contributed by atoms with Crippen LogP contribution in [-0.2, 0) is 4.79 Å². The van der Waals surface area contributed by atoms with Gasteiger partial charge in [-0.2, -0.15) is 11.3 Å². The van der Waals surface area contributed by atoms with E-state index in [1.807, 2.05) is 23.8 Å². The molecule has 0 saturated heterocycles. The molecule has 0 aliphatic heterocycles. The molecule has 17 heavy (non-hydrogen) atoms. The van der Waals surface area contributed by atoms with Gasteiger partial charge in [0.05, 0.1) is 6.04 Å². The summed E-state index contributed by atoms with van der Waals surface area (Å²) < 4.78 is 0. The van der Waals surface area contributed by atoms with Crippen LogP contribution in [0.15, 0.2) is 16.8 Å². The highest BCUT2D eigenvalue weighted by atomic mass is 32.1. The van der Waals surface area contributed by atoms with E-state index >= 15 is 0 Å². The maximum Gasteiger partial charge on any atom is 0.326 e. The maximum absolute atomic E-state index is 11.7. The van der Waals surface area contributed by atoms with Crippen LogP contribution in [0.5, 0.6) is 0 Å². The largest absolute Gasteiger partial charge is 0.480 e. The predicted molar refractivity (Wildman–Crippen MR) is 66.1 cm³/mol. The molecule has 5 nitrogen and oxygen atoms in total. The second-order valence-corrected chi connectivity index (χ2v) is 4.63. The number of aliphatic carboxylic acids is 1. The molecule has 0 aliphatic carbocycles. The Morgan fingerprint density at radius 2 is 2.12 bits per heavy atom. The van der Waals surface area contributed by atoms with Gasteiger partial charge in [-0.3, -0.25) is 0 Å². The second kappa shape index (κ2) is 5.67. The van der Waals surface area contributed by atoms with Crippen molar-refractivity contribution in [2.45, 2.75) is 25.9 Å². The minimum Gasteiger partial charge on any atom is -0.480 e. The average Bonchev–Trinajstić information content (AvgIpc) is 2.80. The van der Waals surface area contributed by atoms with Crippen LogP contribution in [0.3, 0.4) is 0 Å². The lowest BCUT2D eigenvalue weighted by molar-refractivity contribution is -0.141. The van der Waals surface area contributed by atoms with Crippen molar-refractivity contribution in [1.29, 1.82) is 0 Å². The number of rotatable bonds is 4. The standard InChI is InChI=1S/C11H16N2O3S/c1-7(9-4-5-17-6-9)12-11(16)13(3)8(2)10(14)15/h4-8H,1-3H3,(H,12,16)(H,14,15). The van der Waals surface area contributed by atoms with Crippen LogP contribution in [0.1, 0.15) is 25.5 Å². The van der Waals surface area contributed by atoms with Crippen molar-refractivity contribution >= 4 is 23.3 Å². The van der Waals surface area contributed by atoms with Crippen molar-refractivity contribution in [3.8, 4) is 0 Å². The van der Waals surface area contributed by atoms with E-state index in [-0.39, 0.29) is 6.04 Å². The Morgan fingerprint density at radius 1 is 1.47 bits per heavy atom. The number of hydrogen-bond donors (Lipinski definition) is 2. The van der Waals surface area contributed by atoms with Gasteiger partial charge in [-0.05, 0) is 36.2 Å². The molecule has 0 aliphatic rings. The molecule has 1 aromatic rings. The molecular weight excluding hydrogens is 240 g/mol. The minimum atomic E-state index is -1.02. The summed E-state index contributed by atoms with van der Waals surface area (Å²) in [6, 6.07) is 0.566. The third kappa shape index (κ3) is 3.45. The number of thiophene rings is 1. The van der Waals surface area contributed by atoms with Crippen LogP contribution in [0, 0.1) is 0 Å². The molecule has 0 bridgehead atoms. The number of carboxylic acids is 1. The van der Waals surface area contributed by atoms with Gasteiger partial charge >= 0.3 is 12.0 Å². The number of carboxylic acid groups (broad SMARTS) is 1. The molecule has 2 amide bonds. The zero-order valence-electron chi connectivity index (χ0n) is 10.0. The van der Waals surface area contributed by atoms with Gasteiger partial charge in [0, 0.05) is 7.05 Å². The fraction of sp³-hybridized carbons (Fsp3) is 0.455. The number of nitrogens with one attached hydrogen (secondary N) is 1. The molecule has 1 rings (SSSR count). The summed E-state index contributed by atoms with van der Waals surface area (Å²) in [5.74, 6) is -1.02. The minimum absolute atomic E-state index is 0.128. The number of likely N-dealkylation sites (N-methyl/N-ethyl adjacent to an activating group) is 1. The number of amides is 2. The van der Waals surface area contributed by atoms with Gasteiger partial charge in [0.1, 0.15) is 6.04 Å². The molecule has 1 aromatic heterocycles. The monoisotopic (exact) mass is 256 g/mol. The number of carbonyl (C=O) groups is 2. The first-order chi connectivity index (χ1) is 7.93. The summed E-state index contributed by atoms with van der Waals surface area (Å²) >= 11 is 1.56. The number of carbonyl (C=O) groups excluding carboxylic acids is 1. The third-order valence-electron chi connectivity index (χ3n) is 2.64. The van der Waals surface area contributed by atoms with Gasteiger partial charge in [-0.1, -0.05) is 0 Å². The lowest BCUT2D eigenvalue weighted by Gasteiger charge is -2.24. The number of urea groups is 1. The first kappa shape index (κ1) is 13.5. The summed E-state index contributed by atoms with van der Waals surface area (Å²) in [4.78, 5) is 23.7. The predicted octanol–water partition coefficient (Wildman–Crippen LogP) is 1.92. The highest BCUT2D eigenvalue weighted by Gasteiger charge is 2.22. The molecule has 0 radical (unpaired) electrons. The van der Waals surface area contributed by atoms with Gasteiger partial charge in [0.15, 0.2) is 0 Å². The third-order valence-corrected chi connectivity index (χ3v) is 3.34. The smallest absolute Gasteiger partial charge is 0.326 e. The van der Waals surface area contributed by atoms with E-state index in [2.05, 4.69) is 5.32 Å². The second-order valence-electron chi connectivity index (χ2n) is 3.85. The summed E-state index contributed by atoms with van der Waals surface area (Å²) in [6.07, 6.45) is 0. The zero-order chi connectivity index (χ0) is 13.0. The van der Waals surface area contributed by atoms with Crippen LogP contribution >= 0.6 is 11.3 Å². The summed E-state index contributed by atoms with van der Waals surface area (Å²) in [5.41, 5.74) is 1.01. The fourth-order valence-corrected chi connectivity index (χ4v) is 1.99. The maximum atomic E-state index is 11.7.